The van der Waals surface area contributed by atoms with E-state index in [0.717, 1.165) is 25.7 Å². The van der Waals surface area contributed by atoms with Gasteiger partial charge in [-0.05, 0) is 18.6 Å². The number of benzene rings is 1. The number of aromatic carboxylic acids is 1. The van der Waals surface area contributed by atoms with Crippen LogP contribution in [0.2, 0.25) is 0 Å². The maximum absolute atomic E-state index is 12.3. The molecule has 0 aromatic heterocycles. The first-order valence-electron chi connectivity index (χ1n) is 11.3. The van der Waals surface area contributed by atoms with Crippen molar-refractivity contribution in [2.75, 3.05) is 0 Å². The number of unbranched alkanes of at least 4 members (excludes halogenated alkanes) is 11. The van der Waals surface area contributed by atoms with Gasteiger partial charge in [0.1, 0.15) is 11.3 Å². The number of para-hydroxylation sites is 1. The van der Waals surface area contributed by atoms with E-state index in [9.17, 15) is 22.6 Å². The Morgan fingerprint density at radius 2 is 1.35 bits per heavy atom. The van der Waals surface area contributed by atoms with Gasteiger partial charge >= 0.3 is 11.9 Å². The van der Waals surface area contributed by atoms with Gasteiger partial charge in [0.15, 0.2) is 5.25 Å². The first-order chi connectivity index (χ1) is 14.8. The summed E-state index contributed by atoms with van der Waals surface area (Å²) < 4.78 is 37.7. The molecule has 0 fully saturated rings. The van der Waals surface area contributed by atoms with Crippen molar-refractivity contribution in [2.24, 2.45) is 0 Å². The molecule has 1 atom stereocenters. The van der Waals surface area contributed by atoms with Crippen molar-refractivity contribution in [3.63, 3.8) is 0 Å². The third-order valence-electron chi connectivity index (χ3n) is 5.27. The summed E-state index contributed by atoms with van der Waals surface area (Å²) in [6.07, 6.45) is 13.2. The number of carboxylic acids is 1. The molecule has 8 heteroatoms. The van der Waals surface area contributed by atoms with Gasteiger partial charge in [0.05, 0.1) is 0 Å². The zero-order chi connectivity index (χ0) is 23.1. The molecule has 7 nitrogen and oxygen atoms in total. The molecule has 1 rings (SSSR count). The van der Waals surface area contributed by atoms with E-state index in [1.54, 1.807) is 0 Å². The van der Waals surface area contributed by atoms with E-state index in [2.05, 4.69) is 6.92 Å². The summed E-state index contributed by atoms with van der Waals surface area (Å²) in [7, 11) is -4.65. The van der Waals surface area contributed by atoms with Crippen LogP contribution in [-0.4, -0.2) is 35.3 Å². The molecule has 0 aliphatic heterocycles. The van der Waals surface area contributed by atoms with Crippen molar-refractivity contribution in [1.29, 1.82) is 0 Å². The number of carbonyl (C=O) groups excluding carboxylic acids is 1. The summed E-state index contributed by atoms with van der Waals surface area (Å²) in [5, 5.41) is 7.42. The topological polar surface area (TPSA) is 118 Å². The van der Waals surface area contributed by atoms with Crippen LogP contribution in [0.1, 0.15) is 101 Å². The van der Waals surface area contributed by atoms with Gasteiger partial charge in [-0.1, -0.05) is 96.1 Å². The van der Waals surface area contributed by atoms with Gasteiger partial charge in [-0.2, -0.15) is 8.42 Å². The molecule has 1 aromatic rings. The molecule has 2 N–H and O–H groups in total. The molecule has 0 aliphatic rings. The Morgan fingerprint density at radius 1 is 0.871 bits per heavy atom. The predicted octanol–water partition coefficient (Wildman–Crippen LogP) is 5.64. The zero-order valence-corrected chi connectivity index (χ0v) is 19.2. The van der Waals surface area contributed by atoms with Crippen LogP contribution in [0.3, 0.4) is 0 Å². The van der Waals surface area contributed by atoms with Crippen LogP contribution >= 0.6 is 0 Å². The molecular weight excluding hydrogens is 420 g/mol. The highest BCUT2D eigenvalue weighted by atomic mass is 32.2. The summed E-state index contributed by atoms with van der Waals surface area (Å²) in [6.45, 7) is 2.21. The maximum atomic E-state index is 12.3. The Hall–Kier alpha value is -1.93. The van der Waals surface area contributed by atoms with Crippen LogP contribution in [0.4, 0.5) is 0 Å². The van der Waals surface area contributed by atoms with Gasteiger partial charge in [0.2, 0.25) is 0 Å². The van der Waals surface area contributed by atoms with Crippen molar-refractivity contribution in [3.8, 4) is 5.75 Å². The molecule has 0 amide bonds. The molecule has 0 radical (unpaired) electrons. The first kappa shape index (κ1) is 27.1. The second-order valence-electron chi connectivity index (χ2n) is 7.90. The minimum absolute atomic E-state index is 0.0651. The normalized spacial score (nSPS) is 12.5. The van der Waals surface area contributed by atoms with Crippen molar-refractivity contribution < 1.29 is 32.4 Å². The van der Waals surface area contributed by atoms with Crippen molar-refractivity contribution in [2.45, 2.75) is 95.6 Å². The van der Waals surface area contributed by atoms with Gasteiger partial charge in [0.25, 0.3) is 10.1 Å². The summed E-state index contributed by atoms with van der Waals surface area (Å²) in [5.74, 6) is -2.71. The average Bonchev–Trinajstić information content (AvgIpc) is 2.70. The van der Waals surface area contributed by atoms with Gasteiger partial charge in [0, 0.05) is 0 Å². The zero-order valence-electron chi connectivity index (χ0n) is 18.4. The van der Waals surface area contributed by atoms with Crippen LogP contribution in [0.5, 0.6) is 5.75 Å². The quantitative estimate of drug-likeness (QED) is 0.135. The van der Waals surface area contributed by atoms with Crippen LogP contribution in [0.15, 0.2) is 24.3 Å². The molecule has 1 aromatic carbocycles. The predicted molar refractivity (Wildman–Crippen MR) is 120 cm³/mol. The lowest BCUT2D eigenvalue weighted by Crippen LogP contribution is -2.33. The Labute approximate surface area is 185 Å². The number of ether oxygens (including phenoxy) is 1. The second-order valence-corrected chi connectivity index (χ2v) is 9.50. The number of rotatable bonds is 17. The molecule has 0 saturated carbocycles. The lowest BCUT2D eigenvalue weighted by atomic mass is 10.0. The number of esters is 1. The lowest BCUT2D eigenvalue weighted by molar-refractivity contribution is -0.134. The molecule has 0 aliphatic carbocycles. The third kappa shape index (κ3) is 11.3. The molecule has 0 heterocycles. The Kier molecular flexibility index (Phi) is 13.1. The first-order valence-corrected chi connectivity index (χ1v) is 12.8. The van der Waals surface area contributed by atoms with Gasteiger partial charge in [-0.25, -0.2) is 4.79 Å². The Balaban J connectivity index is 2.36. The fourth-order valence-corrected chi connectivity index (χ4v) is 4.22. The van der Waals surface area contributed by atoms with Crippen LogP contribution in [0.25, 0.3) is 0 Å². The van der Waals surface area contributed by atoms with Crippen molar-refractivity contribution >= 4 is 22.1 Å². The highest BCUT2D eigenvalue weighted by Crippen LogP contribution is 2.21. The van der Waals surface area contributed by atoms with Gasteiger partial charge < -0.3 is 9.84 Å². The largest absolute Gasteiger partial charge is 0.478 e. The maximum Gasteiger partial charge on any atom is 0.339 e. The van der Waals surface area contributed by atoms with Crippen LogP contribution in [0, 0.1) is 0 Å². The Bertz CT molecular complexity index is 774. The summed E-state index contributed by atoms with van der Waals surface area (Å²) in [4.78, 5) is 23.5. The van der Waals surface area contributed by atoms with E-state index in [0.29, 0.717) is 6.42 Å². The third-order valence-corrected chi connectivity index (χ3v) is 6.42. The smallest absolute Gasteiger partial charge is 0.339 e. The molecule has 0 saturated heterocycles. The average molecular weight is 457 g/mol. The van der Waals surface area contributed by atoms with E-state index in [-0.39, 0.29) is 17.7 Å². The van der Waals surface area contributed by atoms with E-state index >= 15 is 0 Å². The minimum atomic E-state index is -4.65. The minimum Gasteiger partial charge on any atom is -0.478 e. The molecule has 176 valence electrons. The van der Waals surface area contributed by atoms with E-state index in [4.69, 9.17) is 9.84 Å². The highest BCUT2D eigenvalue weighted by molar-refractivity contribution is 7.87. The SMILES string of the molecule is CCCCCCCCCCCCCCC(C(=O)Oc1ccccc1C(=O)O)S(=O)(=O)O. The summed E-state index contributed by atoms with van der Waals surface area (Å²) in [5.41, 5.74) is -0.254. The number of carbonyl (C=O) groups is 2. The standard InChI is InChI=1S/C23H36O7S/c1-2-3-4-5-6-7-8-9-10-11-12-13-18-21(31(27,28)29)23(26)30-20-17-15-14-16-19(20)22(24)25/h14-17,21H,2-13,18H2,1H3,(H,24,25)(H,27,28,29). The van der Waals surface area contributed by atoms with Crippen molar-refractivity contribution in [3.05, 3.63) is 29.8 Å². The molecule has 31 heavy (non-hydrogen) atoms. The monoisotopic (exact) mass is 456 g/mol. The number of carboxylic acid groups (broad SMARTS) is 1. The van der Waals surface area contributed by atoms with Gasteiger partial charge in [-0.15, -0.1) is 0 Å². The molecule has 0 spiro atoms. The molecule has 1 unspecified atom stereocenters. The molecule has 0 bridgehead atoms. The van der Waals surface area contributed by atoms with E-state index in [1.165, 1.54) is 69.2 Å². The number of hydrogen-bond donors (Lipinski definition) is 2. The fraction of sp³-hybridized carbons (Fsp3) is 0.652. The van der Waals surface area contributed by atoms with Crippen LogP contribution in [-0.2, 0) is 14.9 Å². The second kappa shape index (κ2) is 15.0. The molecular formula is C23H36O7S. The van der Waals surface area contributed by atoms with Crippen LogP contribution < -0.4 is 4.74 Å². The summed E-state index contributed by atoms with van der Waals surface area (Å²) >= 11 is 0. The van der Waals surface area contributed by atoms with Crippen molar-refractivity contribution in [1.82, 2.24) is 0 Å². The lowest BCUT2D eigenvalue weighted by Gasteiger charge is -2.14. The highest BCUT2D eigenvalue weighted by Gasteiger charge is 2.33. The van der Waals surface area contributed by atoms with E-state index in [1.807, 2.05) is 0 Å². The van der Waals surface area contributed by atoms with E-state index < -0.39 is 27.3 Å². The number of hydrogen-bond acceptors (Lipinski definition) is 5. The summed E-state index contributed by atoms with van der Waals surface area (Å²) in [6, 6.07) is 5.46. The fourth-order valence-electron chi connectivity index (χ4n) is 3.47. The van der Waals surface area contributed by atoms with Gasteiger partial charge in [-0.3, -0.25) is 9.35 Å². The Morgan fingerprint density at radius 3 is 1.84 bits per heavy atom.